The molecule has 0 heterocycles. The number of nitrogens with one attached hydrogen (secondary N) is 1. The standard InChI is InChI=1S/C59H107NO5/c1-4-7-10-13-16-19-22-25-28-29-30-31-34-37-40-43-46-49-52-59(64)65-55(50-47-44-41-38-35-32-26-23-20-17-14-11-8-5-2)53-58(63)60-56(54-61)57(62)51-48-45-42-39-36-33-27-24-21-18-15-12-9-6-3/h16,19,22,25,28-32,35,55-57,61-62H,4-15,17-18,20-21,23-24,26-27,33-34,36-54H2,1-3H3,(H,60,63)/b19-16+,25-22+,29-28+,31-30+,35-32+. The highest BCUT2D eigenvalue weighted by molar-refractivity contribution is 5.77. The van der Waals surface area contributed by atoms with Crippen LogP contribution in [0, 0.1) is 0 Å². The van der Waals surface area contributed by atoms with Gasteiger partial charge in [0.25, 0.3) is 0 Å². The maximum atomic E-state index is 13.2. The number of amides is 1. The first-order valence-electron chi connectivity index (χ1n) is 28.1. The monoisotopic (exact) mass is 910 g/mol. The number of hydrogen-bond acceptors (Lipinski definition) is 5. The van der Waals surface area contributed by atoms with Gasteiger partial charge < -0.3 is 20.3 Å². The van der Waals surface area contributed by atoms with Gasteiger partial charge in [0.2, 0.25) is 5.91 Å². The molecule has 3 unspecified atom stereocenters. The van der Waals surface area contributed by atoms with Gasteiger partial charge in [0.1, 0.15) is 6.10 Å². The lowest BCUT2D eigenvalue weighted by Crippen LogP contribution is -2.46. The molecule has 0 spiro atoms. The molecule has 0 aliphatic rings. The molecule has 0 aromatic rings. The number of esters is 1. The van der Waals surface area contributed by atoms with Crippen molar-refractivity contribution in [3.05, 3.63) is 60.8 Å². The molecule has 0 rings (SSSR count). The second-order valence-corrected chi connectivity index (χ2v) is 19.1. The number of hydrogen-bond donors (Lipinski definition) is 3. The first-order chi connectivity index (χ1) is 32.0. The third-order valence-corrected chi connectivity index (χ3v) is 12.7. The molecule has 0 aromatic heterocycles. The van der Waals surface area contributed by atoms with Gasteiger partial charge in [0.15, 0.2) is 0 Å². The van der Waals surface area contributed by atoms with Gasteiger partial charge >= 0.3 is 5.97 Å². The molecule has 0 aliphatic carbocycles. The van der Waals surface area contributed by atoms with Crippen LogP contribution in [0.3, 0.4) is 0 Å². The lowest BCUT2D eigenvalue weighted by atomic mass is 10.0. The molecule has 1 amide bonds. The van der Waals surface area contributed by atoms with E-state index in [4.69, 9.17) is 4.74 Å². The summed E-state index contributed by atoms with van der Waals surface area (Å²) in [5, 5.41) is 23.8. The number of rotatable bonds is 50. The van der Waals surface area contributed by atoms with E-state index in [9.17, 15) is 19.8 Å². The van der Waals surface area contributed by atoms with Crippen molar-refractivity contribution in [2.24, 2.45) is 0 Å². The summed E-state index contributed by atoms with van der Waals surface area (Å²) < 4.78 is 5.94. The van der Waals surface area contributed by atoms with E-state index in [0.29, 0.717) is 19.3 Å². The fourth-order valence-corrected chi connectivity index (χ4v) is 8.38. The zero-order chi connectivity index (χ0) is 47.4. The zero-order valence-electron chi connectivity index (χ0n) is 43.1. The van der Waals surface area contributed by atoms with Crippen molar-refractivity contribution in [2.75, 3.05) is 6.61 Å². The summed E-state index contributed by atoms with van der Waals surface area (Å²) in [7, 11) is 0. The lowest BCUT2D eigenvalue weighted by Gasteiger charge is -2.24. The minimum atomic E-state index is -0.797. The van der Waals surface area contributed by atoms with Gasteiger partial charge in [0.05, 0.1) is 25.2 Å². The number of carbonyl (C=O) groups excluding carboxylic acids is 2. The van der Waals surface area contributed by atoms with Crippen LogP contribution in [-0.4, -0.2) is 46.9 Å². The van der Waals surface area contributed by atoms with Crippen molar-refractivity contribution in [1.82, 2.24) is 5.32 Å². The number of ether oxygens (including phenoxy) is 1. The Labute approximate surface area is 403 Å². The van der Waals surface area contributed by atoms with Crippen LogP contribution in [0.5, 0.6) is 0 Å². The molecule has 0 radical (unpaired) electrons. The molecule has 0 aromatic carbocycles. The molecule has 0 fully saturated rings. The molecule has 65 heavy (non-hydrogen) atoms. The Morgan fingerprint density at radius 1 is 0.446 bits per heavy atom. The van der Waals surface area contributed by atoms with E-state index in [1.165, 1.54) is 135 Å². The maximum Gasteiger partial charge on any atom is 0.306 e. The van der Waals surface area contributed by atoms with E-state index in [-0.39, 0.29) is 24.9 Å². The number of allylic oxidation sites excluding steroid dienone is 10. The van der Waals surface area contributed by atoms with Crippen LogP contribution in [0.15, 0.2) is 60.8 Å². The van der Waals surface area contributed by atoms with Crippen LogP contribution < -0.4 is 5.32 Å². The van der Waals surface area contributed by atoms with Crippen molar-refractivity contribution < 1.29 is 24.5 Å². The molecular formula is C59H107NO5. The molecular weight excluding hydrogens is 803 g/mol. The summed E-state index contributed by atoms with van der Waals surface area (Å²) in [5.74, 6) is -0.509. The van der Waals surface area contributed by atoms with Crippen LogP contribution in [0.2, 0.25) is 0 Å². The normalized spacial score (nSPS) is 13.6. The summed E-state index contributed by atoms with van der Waals surface area (Å²) >= 11 is 0. The topological polar surface area (TPSA) is 95.9 Å². The fourth-order valence-electron chi connectivity index (χ4n) is 8.38. The first-order valence-corrected chi connectivity index (χ1v) is 28.1. The summed E-state index contributed by atoms with van der Waals surface area (Å²) in [6, 6.07) is -0.713. The lowest BCUT2D eigenvalue weighted by molar-refractivity contribution is -0.151. The average Bonchev–Trinajstić information content (AvgIpc) is 3.30. The Hall–Kier alpha value is -2.44. The van der Waals surface area contributed by atoms with Crippen molar-refractivity contribution in [3.63, 3.8) is 0 Å². The number of aliphatic hydroxyl groups excluding tert-OH is 2. The van der Waals surface area contributed by atoms with E-state index >= 15 is 0 Å². The fraction of sp³-hybridized carbons (Fsp3) is 0.797. The van der Waals surface area contributed by atoms with Gasteiger partial charge in [-0.15, -0.1) is 0 Å². The summed E-state index contributed by atoms with van der Waals surface area (Å²) in [5.41, 5.74) is 0. The molecule has 0 saturated heterocycles. The Morgan fingerprint density at radius 3 is 1.28 bits per heavy atom. The minimum Gasteiger partial charge on any atom is -0.462 e. The molecule has 0 aliphatic heterocycles. The Kier molecular flexibility index (Phi) is 50.6. The number of carbonyl (C=O) groups is 2. The first kappa shape index (κ1) is 62.6. The van der Waals surface area contributed by atoms with Crippen LogP contribution >= 0.6 is 0 Å². The average molecular weight is 911 g/mol. The third-order valence-electron chi connectivity index (χ3n) is 12.7. The molecule has 6 nitrogen and oxygen atoms in total. The molecule has 0 bridgehead atoms. The highest BCUT2D eigenvalue weighted by atomic mass is 16.5. The van der Waals surface area contributed by atoms with E-state index in [1.807, 2.05) is 0 Å². The van der Waals surface area contributed by atoms with Crippen molar-refractivity contribution in [1.29, 1.82) is 0 Å². The summed E-state index contributed by atoms with van der Waals surface area (Å²) in [6.07, 6.45) is 65.6. The van der Waals surface area contributed by atoms with Gasteiger partial charge in [0, 0.05) is 6.42 Å². The molecule has 378 valence electrons. The van der Waals surface area contributed by atoms with Crippen molar-refractivity contribution in [2.45, 2.75) is 296 Å². The zero-order valence-corrected chi connectivity index (χ0v) is 43.1. The predicted molar refractivity (Wildman–Crippen MR) is 282 cm³/mol. The van der Waals surface area contributed by atoms with Gasteiger partial charge in [-0.25, -0.2) is 0 Å². The van der Waals surface area contributed by atoms with Gasteiger partial charge in [-0.1, -0.05) is 248 Å². The molecule has 6 heteroatoms. The van der Waals surface area contributed by atoms with Gasteiger partial charge in [-0.3, -0.25) is 9.59 Å². The predicted octanol–water partition coefficient (Wildman–Crippen LogP) is 17.2. The molecule has 3 N–H and O–H groups in total. The van der Waals surface area contributed by atoms with E-state index in [2.05, 4.69) is 86.8 Å². The summed E-state index contributed by atoms with van der Waals surface area (Å²) in [6.45, 7) is 6.45. The van der Waals surface area contributed by atoms with Crippen molar-refractivity contribution in [3.8, 4) is 0 Å². The van der Waals surface area contributed by atoms with E-state index < -0.39 is 18.2 Å². The SMILES string of the molecule is CCCCC/C=C/C=C/C=C/C=C/CCCCCCCC(=O)OC(CCCCC/C=C/CCCCCCCCC)CC(=O)NC(CO)C(O)CCCCCCCCCCCCCCCC. The maximum absolute atomic E-state index is 13.2. The Balaban J connectivity index is 4.62. The quantitative estimate of drug-likeness (QED) is 0.0245. The van der Waals surface area contributed by atoms with Gasteiger partial charge in [-0.2, -0.15) is 0 Å². The second-order valence-electron chi connectivity index (χ2n) is 19.1. The highest BCUT2D eigenvalue weighted by Crippen LogP contribution is 2.18. The third kappa shape index (κ3) is 47.8. The van der Waals surface area contributed by atoms with Crippen LogP contribution in [0.25, 0.3) is 0 Å². The smallest absolute Gasteiger partial charge is 0.306 e. The number of aliphatic hydroxyl groups is 2. The van der Waals surface area contributed by atoms with E-state index in [1.54, 1.807) is 0 Å². The molecule has 3 atom stereocenters. The second kappa shape index (κ2) is 52.5. The largest absolute Gasteiger partial charge is 0.462 e. The number of unbranched alkanes of at least 4 members (excludes halogenated alkanes) is 31. The summed E-state index contributed by atoms with van der Waals surface area (Å²) in [4.78, 5) is 26.2. The van der Waals surface area contributed by atoms with Crippen molar-refractivity contribution >= 4 is 11.9 Å². The van der Waals surface area contributed by atoms with E-state index in [0.717, 1.165) is 96.3 Å². The molecule has 0 saturated carbocycles. The highest BCUT2D eigenvalue weighted by Gasteiger charge is 2.24. The Morgan fingerprint density at radius 2 is 0.800 bits per heavy atom. The van der Waals surface area contributed by atoms with Crippen LogP contribution in [0.1, 0.15) is 278 Å². The van der Waals surface area contributed by atoms with Gasteiger partial charge in [-0.05, 0) is 77.0 Å². The Bertz CT molecular complexity index is 1160. The van der Waals surface area contributed by atoms with Crippen LogP contribution in [-0.2, 0) is 14.3 Å². The van der Waals surface area contributed by atoms with Crippen LogP contribution in [0.4, 0.5) is 0 Å². The minimum absolute atomic E-state index is 0.0569.